The Balaban J connectivity index is 1.52. The summed E-state index contributed by atoms with van der Waals surface area (Å²) in [5, 5.41) is 0. The fourth-order valence-corrected chi connectivity index (χ4v) is 10.7. The molecule has 0 atom stereocenters. The molecule has 0 spiro atoms. The molecular formula is C51H66BN. The van der Waals surface area contributed by atoms with Gasteiger partial charge < -0.3 is 4.90 Å². The molecule has 278 valence electrons. The van der Waals surface area contributed by atoms with E-state index in [-0.39, 0.29) is 44.6 Å². The van der Waals surface area contributed by atoms with E-state index in [1.54, 1.807) is 16.7 Å². The number of nitrogens with zero attached hydrogens (tertiary/aromatic N) is 1. The Morgan fingerprint density at radius 1 is 0.472 bits per heavy atom. The zero-order chi connectivity index (χ0) is 38.6. The molecule has 4 aromatic carbocycles. The lowest BCUT2D eigenvalue weighted by atomic mass is 9.29. The summed E-state index contributed by atoms with van der Waals surface area (Å²) in [5.41, 5.74) is 21.0. The molecule has 8 rings (SSSR count). The molecule has 2 heteroatoms. The highest BCUT2D eigenvalue weighted by molar-refractivity contribution is 6.99. The Hall–Kier alpha value is -3.26. The van der Waals surface area contributed by atoms with Crippen LogP contribution in [-0.4, -0.2) is 6.71 Å². The van der Waals surface area contributed by atoms with Crippen LogP contribution in [0.1, 0.15) is 181 Å². The van der Waals surface area contributed by atoms with Crippen molar-refractivity contribution in [2.45, 2.75) is 174 Å². The van der Waals surface area contributed by atoms with Crippen molar-refractivity contribution in [3.8, 4) is 0 Å². The molecule has 2 aliphatic carbocycles. The van der Waals surface area contributed by atoms with Gasteiger partial charge in [-0.3, -0.25) is 0 Å². The van der Waals surface area contributed by atoms with Crippen LogP contribution < -0.4 is 21.3 Å². The fourth-order valence-electron chi connectivity index (χ4n) is 10.7. The van der Waals surface area contributed by atoms with E-state index in [0.29, 0.717) is 0 Å². The molecule has 0 bridgehead atoms. The average molecular weight is 704 g/mol. The van der Waals surface area contributed by atoms with Gasteiger partial charge in [-0.1, -0.05) is 153 Å². The van der Waals surface area contributed by atoms with Gasteiger partial charge >= 0.3 is 0 Å². The summed E-state index contributed by atoms with van der Waals surface area (Å²) in [7, 11) is 0. The molecule has 4 aromatic rings. The Labute approximate surface area is 323 Å². The lowest BCUT2D eigenvalue weighted by Crippen LogP contribution is -2.64. The van der Waals surface area contributed by atoms with Crippen molar-refractivity contribution in [3.05, 3.63) is 105 Å². The molecule has 0 amide bonds. The van der Waals surface area contributed by atoms with Gasteiger partial charge in [0.25, 0.3) is 0 Å². The van der Waals surface area contributed by atoms with E-state index in [1.165, 1.54) is 87.0 Å². The van der Waals surface area contributed by atoms with E-state index in [2.05, 4.69) is 176 Å². The normalized spacial score (nSPS) is 21.2. The van der Waals surface area contributed by atoms with Gasteiger partial charge in [-0.15, -0.1) is 0 Å². The second-order valence-corrected chi connectivity index (χ2v) is 22.9. The van der Waals surface area contributed by atoms with Crippen LogP contribution in [0.15, 0.2) is 60.7 Å². The molecule has 0 N–H and O–H groups in total. The first kappa shape index (κ1) is 36.7. The summed E-state index contributed by atoms with van der Waals surface area (Å²) >= 11 is 0. The molecule has 0 saturated heterocycles. The highest BCUT2D eigenvalue weighted by Crippen LogP contribution is 2.52. The lowest BCUT2D eigenvalue weighted by Gasteiger charge is -2.49. The third kappa shape index (κ3) is 5.38. The summed E-state index contributed by atoms with van der Waals surface area (Å²) in [5.74, 6) is 0. The van der Waals surface area contributed by atoms with Crippen LogP contribution in [0.25, 0.3) is 0 Å². The lowest BCUT2D eigenvalue weighted by molar-refractivity contribution is 0.331. The first-order valence-electron chi connectivity index (χ1n) is 20.7. The summed E-state index contributed by atoms with van der Waals surface area (Å²) in [6.45, 7) is 39.3. The third-order valence-electron chi connectivity index (χ3n) is 14.8. The van der Waals surface area contributed by atoms with E-state index in [4.69, 9.17) is 0 Å². The van der Waals surface area contributed by atoms with Gasteiger partial charge in [-0.2, -0.15) is 0 Å². The summed E-state index contributed by atoms with van der Waals surface area (Å²) < 4.78 is 0. The van der Waals surface area contributed by atoms with Crippen molar-refractivity contribution >= 4 is 40.2 Å². The monoisotopic (exact) mass is 704 g/mol. The van der Waals surface area contributed by atoms with E-state index >= 15 is 0 Å². The number of anilines is 3. The van der Waals surface area contributed by atoms with Crippen LogP contribution in [-0.2, 0) is 37.9 Å². The second-order valence-electron chi connectivity index (χ2n) is 22.9. The van der Waals surface area contributed by atoms with E-state index in [1.807, 2.05) is 0 Å². The van der Waals surface area contributed by atoms with Gasteiger partial charge in [0.05, 0.1) is 0 Å². The minimum absolute atomic E-state index is 0.0236. The molecule has 0 radical (unpaired) electrons. The molecule has 2 heterocycles. The van der Waals surface area contributed by atoms with Gasteiger partial charge in [0.1, 0.15) is 0 Å². The zero-order valence-electron chi connectivity index (χ0n) is 36.1. The zero-order valence-corrected chi connectivity index (χ0v) is 36.1. The number of benzene rings is 4. The highest BCUT2D eigenvalue weighted by atomic mass is 15.2. The molecule has 0 unspecified atom stereocenters. The van der Waals surface area contributed by atoms with Crippen molar-refractivity contribution in [2.75, 3.05) is 4.90 Å². The van der Waals surface area contributed by atoms with Gasteiger partial charge in [0, 0.05) is 22.5 Å². The Bertz CT molecular complexity index is 2160. The van der Waals surface area contributed by atoms with Crippen molar-refractivity contribution in [1.82, 2.24) is 0 Å². The maximum atomic E-state index is 2.71. The number of hydrogen-bond acceptors (Lipinski definition) is 1. The van der Waals surface area contributed by atoms with E-state index in [9.17, 15) is 0 Å². The Morgan fingerprint density at radius 3 is 1.42 bits per heavy atom. The van der Waals surface area contributed by atoms with Crippen LogP contribution >= 0.6 is 0 Å². The van der Waals surface area contributed by atoms with Crippen LogP contribution in [0.3, 0.4) is 0 Å². The second kappa shape index (κ2) is 10.9. The van der Waals surface area contributed by atoms with Gasteiger partial charge in [0.15, 0.2) is 0 Å². The maximum Gasteiger partial charge on any atom is 0.247 e. The predicted molar refractivity (Wildman–Crippen MR) is 232 cm³/mol. The van der Waals surface area contributed by atoms with Crippen LogP contribution in [0.4, 0.5) is 17.1 Å². The standard InChI is InChI=1S/C51H66BN/c1-45(2,3)31-24-32(46(4,5)6)26-33(25-31)53-42-19-17-18-34-44(42)52(41-29-37-38(30-43(41)53)50(13,14)23-22-49(37,11)12)40-28-36-35(27-39(40)51(34,15)16)47(7,8)20-21-48(36,9)10/h17-19,24-30H,20-23H2,1-16H3. The van der Waals surface area contributed by atoms with Crippen molar-refractivity contribution in [2.24, 2.45) is 0 Å². The largest absolute Gasteiger partial charge is 0.311 e. The van der Waals surface area contributed by atoms with Gasteiger partial charge in [-0.05, 0) is 138 Å². The molecule has 0 aromatic heterocycles. The fraction of sp³-hybridized carbons (Fsp3) is 0.529. The molecule has 0 fully saturated rings. The van der Waals surface area contributed by atoms with Crippen molar-refractivity contribution in [1.29, 1.82) is 0 Å². The minimum Gasteiger partial charge on any atom is -0.311 e. The van der Waals surface area contributed by atoms with E-state index in [0.717, 1.165) is 0 Å². The average Bonchev–Trinajstić information content (AvgIpc) is 3.05. The summed E-state index contributed by atoms with van der Waals surface area (Å²) in [6, 6.07) is 25.5. The smallest absolute Gasteiger partial charge is 0.247 e. The number of hydrogen-bond donors (Lipinski definition) is 0. The predicted octanol–water partition coefficient (Wildman–Crippen LogP) is 11.9. The first-order valence-corrected chi connectivity index (χ1v) is 20.7. The molecule has 2 aliphatic heterocycles. The topological polar surface area (TPSA) is 3.24 Å². The van der Waals surface area contributed by atoms with Crippen LogP contribution in [0.2, 0.25) is 0 Å². The highest BCUT2D eigenvalue weighted by Gasteiger charge is 2.50. The maximum absolute atomic E-state index is 2.71. The first-order chi connectivity index (χ1) is 24.3. The molecule has 1 nitrogen and oxygen atoms in total. The summed E-state index contributed by atoms with van der Waals surface area (Å²) in [4.78, 5) is 2.69. The minimum atomic E-state index is -0.133. The molecule has 0 saturated carbocycles. The van der Waals surface area contributed by atoms with Crippen LogP contribution in [0.5, 0.6) is 0 Å². The molecule has 4 aliphatic rings. The Morgan fingerprint density at radius 2 is 0.925 bits per heavy atom. The SMILES string of the molecule is CC(C)(C)c1cc(N2c3cc4c(cc3B3c5cc6c(cc5C(C)(C)c5cccc2c53)C(C)(C)CCC6(C)C)C(C)(C)CCC4(C)C)cc(C(C)(C)C)c1. The van der Waals surface area contributed by atoms with E-state index < -0.39 is 0 Å². The summed E-state index contributed by atoms with van der Waals surface area (Å²) in [6.07, 6.45) is 4.88. The van der Waals surface area contributed by atoms with Gasteiger partial charge in [-0.25, -0.2) is 0 Å². The molecular weight excluding hydrogens is 637 g/mol. The Kier molecular flexibility index (Phi) is 7.58. The van der Waals surface area contributed by atoms with Crippen molar-refractivity contribution < 1.29 is 0 Å². The van der Waals surface area contributed by atoms with Gasteiger partial charge in [0.2, 0.25) is 6.71 Å². The quantitative estimate of drug-likeness (QED) is 0.157. The van der Waals surface area contributed by atoms with Crippen LogP contribution in [0, 0.1) is 0 Å². The third-order valence-corrected chi connectivity index (χ3v) is 14.8. The number of fused-ring (bicyclic) bond motifs is 6. The van der Waals surface area contributed by atoms with Crippen molar-refractivity contribution in [3.63, 3.8) is 0 Å². The number of rotatable bonds is 1. The molecule has 53 heavy (non-hydrogen) atoms.